The Balaban J connectivity index is 1.89. The van der Waals surface area contributed by atoms with Gasteiger partial charge in [-0.05, 0) is 30.7 Å². The van der Waals surface area contributed by atoms with Crippen molar-refractivity contribution in [3.05, 3.63) is 62.6 Å². The molecule has 0 spiro atoms. The van der Waals surface area contributed by atoms with Gasteiger partial charge < -0.3 is 5.32 Å². The summed E-state index contributed by atoms with van der Waals surface area (Å²) < 4.78 is 0. The molecular formula is C16H14Cl3N3O. The van der Waals surface area contributed by atoms with Crippen molar-refractivity contribution in [2.75, 3.05) is 11.9 Å². The number of hydrogen-bond acceptors (Lipinski definition) is 3. The van der Waals surface area contributed by atoms with Crippen LogP contribution in [-0.4, -0.2) is 18.7 Å². The first kappa shape index (κ1) is 17.6. The molecule has 0 aliphatic heterocycles. The zero-order valence-corrected chi connectivity index (χ0v) is 14.5. The van der Waals surface area contributed by atoms with E-state index in [1.807, 2.05) is 19.1 Å². The van der Waals surface area contributed by atoms with E-state index in [0.29, 0.717) is 20.6 Å². The van der Waals surface area contributed by atoms with Crippen LogP contribution in [0.3, 0.4) is 0 Å². The van der Waals surface area contributed by atoms with Gasteiger partial charge in [-0.1, -0.05) is 53.0 Å². The number of carbonyl (C=O) groups is 1. The van der Waals surface area contributed by atoms with Gasteiger partial charge in [0.05, 0.1) is 22.8 Å². The molecule has 0 aromatic heterocycles. The number of hydrogen-bond donors (Lipinski definition) is 2. The molecule has 120 valence electrons. The highest BCUT2D eigenvalue weighted by molar-refractivity contribution is 6.43. The Bertz CT molecular complexity index is 747. The molecule has 4 nitrogen and oxygen atoms in total. The molecule has 7 heteroatoms. The van der Waals surface area contributed by atoms with Crippen molar-refractivity contribution in [3.63, 3.8) is 0 Å². The molecule has 2 N–H and O–H groups in total. The van der Waals surface area contributed by atoms with E-state index in [-0.39, 0.29) is 12.5 Å². The fourth-order valence-corrected chi connectivity index (χ4v) is 2.34. The number of amides is 1. The number of carbonyl (C=O) groups excluding carboxylic acids is 1. The zero-order valence-electron chi connectivity index (χ0n) is 12.2. The van der Waals surface area contributed by atoms with E-state index < -0.39 is 0 Å². The van der Waals surface area contributed by atoms with Crippen molar-refractivity contribution in [1.29, 1.82) is 0 Å². The molecule has 0 fully saturated rings. The Morgan fingerprint density at radius 1 is 1.13 bits per heavy atom. The summed E-state index contributed by atoms with van der Waals surface area (Å²) >= 11 is 17.9. The van der Waals surface area contributed by atoms with Gasteiger partial charge in [0.2, 0.25) is 0 Å². The van der Waals surface area contributed by atoms with E-state index in [2.05, 4.69) is 15.8 Å². The quantitative estimate of drug-likeness (QED) is 0.600. The number of nitrogens with zero attached hydrogens (tertiary/aromatic N) is 1. The van der Waals surface area contributed by atoms with Gasteiger partial charge in [0.1, 0.15) is 0 Å². The van der Waals surface area contributed by atoms with Crippen LogP contribution in [0.25, 0.3) is 0 Å². The van der Waals surface area contributed by atoms with Crippen molar-refractivity contribution in [2.24, 2.45) is 5.10 Å². The van der Waals surface area contributed by atoms with Crippen LogP contribution in [-0.2, 0) is 4.79 Å². The van der Waals surface area contributed by atoms with Crippen LogP contribution < -0.4 is 10.7 Å². The molecule has 0 saturated heterocycles. The summed E-state index contributed by atoms with van der Waals surface area (Å²) in [6, 6.07) is 10.6. The van der Waals surface area contributed by atoms with Crippen molar-refractivity contribution in [2.45, 2.75) is 6.92 Å². The zero-order chi connectivity index (χ0) is 16.8. The molecule has 0 saturated carbocycles. The first-order chi connectivity index (χ1) is 11.0. The molecule has 1 amide bonds. The van der Waals surface area contributed by atoms with Crippen molar-refractivity contribution >= 4 is 52.6 Å². The monoisotopic (exact) mass is 369 g/mol. The second kappa shape index (κ2) is 8.20. The van der Waals surface area contributed by atoms with Crippen LogP contribution in [0.1, 0.15) is 11.1 Å². The van der Waals surface area contributed by atoms with Crippen LogP contribution in [0.15, 0.2) is 41.5 Å². The number of benzene rings is 2. The predicted octanol–water partition coefficient (Wildman–Crippen LogP) is 4.52. The highest BCUT2D eigenvalue weighted by Crippen LogP contribution is 2.24. The summed E-state index contributed by atoms with van der Waals surface area (Å²) in [5.74, 6) is -0.293. The molecule has 0 bridgehead atoms. The van der Waals surface area contributed by atoms with Crippen LogP contribution >= 0.6 is 34.8 Å². The molecule has 2 aromatic rings. The first-order valence-electron chi connectivity index (χ1n) is 6.74. The van der Waals surface area contributed by atoms with Crippen molar-refractivity contribution in [3.8, 4) is 0 Å². The Kier molecular flexibility index (Phi) is 6.28. The average molecular weight is 371 g/mol. The molecule has 0 radical (unpaired) electrons. The second-order valence-electron chi connectivity index (χ2n) is 4.70. The third kappa shape index (κ3) is 4.86. The average Bonchev–Trinajstić information content (AvgIpc) is 2.53. The summed E-state index contributed by atoms with van der Waals surface area (Å²) in [6.45, 7) is 1.95. The number of nitrogens with one attached hydrogen (secondary N) is 2. The SMILES string of the molecule is Cc1c(Cl)cccc1NCC(=O)N/N=C\c1cccc(Cl)c1Cl. The Labute approximate surface area is 149 Å². The van der Waals surface area contributed by atoms with Gasteiger partial charge >= 0.3 is 0 Å². The van der Waals surface area contributed by atoms with Crippen LogP contribution in [0, 0.1) is 6.92 Å². The summed E-state index contributed by atoms with van der Waals surface area (Å²) in [5.41, 5.74) is 4.72. The van der Waals surface area contributed by atoms with Crippen molar-refractivity contribution in [1.82, 2.24) is 5.43 Å². The number of halogens is 3. The number of anilines is 1. The standard InChI is InChI=1S/C16H14Cl3N3O/c1-10-12(17)5-3-7-14(10)20-9-15(23)22-21-8-11-4-2-6-13(18)16(11)19/h2-8,20H,9H2,1H3,(H,22,23)/b21-8-. The third-order valence-corrected chi connectivity index (χ3v) is 4.32. The summed E-state index contributed by atoms with van der Waals surface area (Å²) in [4.78, 5) is 11.8. The topological polar surface area (TPSA) is 53.5 Å². The summed E-state index contributed by atoms with van der Waals surface area (Å²) in [6.07, 6.45) is 1.44. The van der Waals surface area contributed by atoms with Gasteiger partial charge in [0.15, 0.2) is 0 Å². The molecule has 0 unspecified atom stereocenters. The normalized spacial score (nSPS) is 10.8. The van der Waals surface area contributed by atoms with Gasteiger partial charge in [-0.15, -0.1) is 0 Å². The van der Waals surface area contributed by atoms with E-state index in [1.165, 1.54) is 6.21 Å². The molecule has 23 heavy (non-hydrogen) atoms. The first-order valence-corrected chi connectivity index (χ1v) is 7.87. The highest BCUT2D eigenvalue weighted by Gasteiger charge is 2.05. The van der Waals surface area contributed by atoms with E-state index in [9.17, 15) is 4.79 Å². The molecule has 0 aliphatic rings. The predicted molar refractivity (Wildman–Crippen MR) is 96.9 cm³/mol. The third-order valence-electron chi connectivity index (χ3n) is 3.08. The number of hydrazone groups is 1. The lowest BCUT2D eigenvalue weighted by Crippen LogP contribution is -2.26. The second-order valence-corrected chi connectivity index (χ2v) is 5.89. The summed E-state index contributed by atoms with van der Waals surface area (Å²) in [7, 11) is 0. The van der Waals surface area contributed by atoms with Crippen LogP contribution in [0.2, 0.25) is 15.1 Å². The maximum absolute atomic E-state index is 11.8. The Hall–Kier alpha value is -1.75. The van der Waals surface area contributed by atoms with E-state index >= 15 is 0 Å². The molecule has 0 heterocycles. The maximum Gasteiger partial charge on any atom is 0.259 e. The van der Waals surface area contributed by atoms with Gasteiger partial charge in [-0.25, -0.2) is 5.43 Å². The largest absolute Gasteiger partial charge is 0.376 e. The minimum atomic E-state index is -0.293. The Morgan fingerprint density at radius 2 is 1.83 bits per heavy atom. The van der Waals surface area contributed by atoms with E-state index in [4.69, 9.17) is 34.8 Å². The lowest BCUT2D eigenvalue weighted by molar-refractivity contribution is -0.119. The lowest BCUT2D eigenvalue weighted by Gasteiger charge is -2.09. The molecule has 2 aromatic carbocycles. The Morgan fingerprint density at radius 3 is 2.61 bits per heavy atom. The van der Waals surface area contributed by atoms with Gasteiger partial charge in [-0.3, -0.25) is 4.79 Å². The number of rotatable bonds is 5. The van der Waals surface area contributed by atoms with Crippen molar-refractivity contribution < 1.29 is 4.79 Å². The van der Waals surface area contributed by atoms with E-state index in [0.717, 1.165) is 11.3 Å². The fraction of sp³-hybridized carbons (Fsp3) is 0.125. The highest BCUT2D eigenvalue weighted by atomic mass is 35.5. The van der Waals surface area contributed by atoms with Gasteiger partial charge in [0.25, 0.3) is 5.91 Å². The molecular weight excluding hydrogens is 357 g/mol. The minimum absolute atomic E-state index is 0.0712. The van der Waals surface area contributed by atoms with Crippen LogP contribution in [0.4, 0.5) is 5.69 Å². The molecule has 2 rings (SSSR count). The summed E-state index contributed by atoms with van der Waals surface area (Å²) in [5, 5.41) is 8.33. The smallest absolute Gasteiger partial charge is 0.259 e. The minimum Gasteiger partial charge on any atom is -0.376 e. The molecule has 0 aliphatic carbocycles. The van der Waals surface area contributed by atoms with Crippen LogP contribution in [0.5, 0.6) is 0 Å². The van der Waals surface area contributed by atoms with E-state index in [1.54, 1.807) is 24.3 Å². The van der Waals surface area contributed by atoms with Gasteiger partial charge in [-0.2, -0.15) is 5.10 Å². The maximum atomic E-state index is 11.8. The molecule has 0 atom stereocenters. The van der Waals surface area contributed by atoms with Gasteiger partial charge in [0, 0.05) is 16.3 Å². The lowest BCUT2D eigenvalue weighted by atomic mass is 10.2. The fourth-order valence-electron chi connectivity index (χ4n) is 1.81.